The number of fused-ring (bicyclic) bond motifs is 2. The van der Waals surface area contributed by atoms with Gasteiger partial charge >= 0.3 is 5.97 Å². The molecule has 67 heavy (non-hydrogen) atoms. The first-order chi connectivity index (χ1) is 31.9. The largest absolute Gasteiger partial charge is 0.456 e. The second-order valence-corrected chi connectivity index (χ2v) is 20.2. The molecular weight excluding hydrogens is 812 g/mol. The van der Waals surface area contributed by atoms with E-state index in [0.29, 0.717) is 12.8 Å². The molecule has 0 aromatic heterocycles. The van der Waals surface area contributed by atoms with Gasteiger partial charge in [-0.1, -0.05) is 158 Å². The number of carbonyl (C=O) groups is 1. The van der Waals surface area contributed by atoms with E-state index in [4.69, 9.17) is 11.3 Å². The highest BCUT2D eigenvalue weighted by atomic mass is 16.6. The summed E-state index contributed by atoms with van der Waals surface area (Å²) < 4.78 is 5.93. The van der Waals surface area contributed by atoms with Crippen LogP contribution in [0.4, 0.5) is 5.69 Å². The predicted octanol–water partition coefficient (Wildman–Crippen LogP) is 13.9. The van der Waals surface area contributed by atoms with Crippen LogP contribution in [0.15, 0.2) is 175 Å². The summed E-state index contributed by atoms with van der Waals surface area (Å²) in [5, 5.41) is 4.02. The van der Waals surface area contributed by atoms with E-state index >= 15 is 0 Å². The van der Waals surface area contributed by atoms with Crippen LogP contribution in [-0.4, -0.2) is 26.7 Å². The minimum absolute atomic E-state index is 0.0167. The summed E-state index contributed by atoms with van der Waals surface area (Å²) >= 11 is 0. The molecule has 0 amide bonds. The molecule has 0 bridgehead atoms. The Morgan fingerprint density at radius 2 is 1.45 bits per heavy atom. The maximum atomic E-state index is 13.7. The van der Waals surface area contributed by atoms with E-state index in [-0.39, 0.29) is 11.4 Å². The van der Waals surface area contributed by atoms with E-state index in [1.807, 2.05) is 39.0 Å². The number of allylic oxidation sites excluding steroid dienone is 9. The highest BCUT2D eigenvalue weighted by Crippen LogP contribution is 2.46. The van der Waals surface area contributed by atoms with Crippen LogP contribution in [-0.2, 0) is 10.2 Å². The molecular formula is C62H63B2NO2. The van der Waals surface area contributed by atoms with Crippen molar-refractivity contribution in [3.63, 3.8) is 0 Å². The Labute approximate surface area is 401 Å². The smallest absolute Gasteiger partial charge is 0.338 e. The van der Waals surface area contributed by atoms with Gasteiger partial charge in [0.1, 0.15) is 13.4 Å². The van der Waals surface area contributed by atoms with Crippen molar-refractivity contribution in [2.75, 3.05) is 5.32 Å². The van der Waals surface area contributed by atoms with Crippen molar-refractivity contribution in [3.8, 4) is 22.3 Å². The molecule has 1 aliphatic heterocycles. The van der Waals surface area contributed by atoms with E-state index in [2.05, 4.69) is 195 Å². The van der Waals surface area contributed by atoms with Crippen LogP contribution in [0, 0.1) is 27.7 Å². The first-order valence-electron chi connectivity index (χ1n) is 23.7. The quantitative estimate of drug-likeness (QED) is 0.0893. The van der Waals surface area contributed by atoms with Crippen molar-refractivity contribution >= 4 is 49.0 Å². The number of aryl methyl sites for hydroxylation is 3. The number of rotatable bonds is 9. The molecule has 0 atom stereocenters. The summed E-state index contributed by atoms with van der Waals surface area (Å²) in [5.41, 5.74) is 23.8. The molecule has 1 N–H and O–H groups in total. The average molecular weight is 876 g/mol. The summed E-state index contributed by atoms with van der Waals surface area (Å²) in [6.07, 6.45) is 12.3. The minimum atomic E-state index is -0.626. The summed E-state index contributed by atoms with van der Waals surface area (Å²) in [6, 6.07) is 43.1. The van der Waals surface area contributed by atoms with Crippen LogP contribution in [0.5, 0.6) is 0 Å². The van der Waals surface area contributed by atoms with Crippen LogP contribution >= 0.6 is 0 Å². The van der Waals surface area contributed by atoms with Gasteiger partial charge in [-0.3, -0.25) is 0 Å². The molecule has 0 spiro atoms. The highest BCUT2D eigenvalue weighted by molar-refractivity contribution is 6.64. The molecule has 3 nitrogen and oxygen atoms in total. The van der Waals surface area contributed by atoms with Gasteiger partial charge in [0.25, 0.3) is 0 Å². The number of anilines is 1. The normalized spacial score (nSPS) is 17.3. The van der Waals surface area contributed by atoms with Gasteiger partial charge < -0.3 is 10.1 Å². The summed E-state index contributed by atoms with van der Waals surface area (Å²) in [5.74, 6) is -0.336. The van der Waals surface area contributed by atoms with Crippen molar-refractivity contribution in [1.82, 2.24) is 0 Å². The Kier molecular flexibility index (Phi) is 13.1. The number of esters is 1. The van der Waals surface area contributed by atoms with Gasteiger partial charge in [-0.05, 0) is 182 Å². The van der Waals surface area contributed by atoms with Crippen LogP contribution < -0.4 is 10.8 Å². The minimum Gasteiger partial charge on any atom is -0.456 e. The lowest BCUT2D eigenvalue weighted by Gasteiger charge is -2.28. The molecule has 334 valence electrons. The van der Waals surface area contributed by atoms with Crippen LogP contribution in [0.2, 0.25) is 0 Å². The lowest BCUT2D eigenvalue weighted by atomic mass is 9.55. The molecule has 2 aliphatic rings. The van der Waals surface area contributed by atoms with Gasteiger partial charge in [-0.15, -0.1) is 0 Å². The van der Waals surface area contributed by atoms with Gasteiger partial charge in [0, 0.05) is 16.9 Å². The van der Waals surface area contributed by atoms with Gasteiger partial charge in [0.05, 0.1) is 5.56 Å². The molecule has 1 heterocycles. The standard InChI is InChI=1S/C62H63B2NO2/c1-12-47-34-46(63)35-53(50-33-44(28-27-40(50)4)60(66)67-61(7,8)9)54-36-51(48-23-17-16-20-39(48)3)41(5)58(59(54)64-47)42(6)56(31-29-45-37-62(10,11)55-25-19-18-24-49(45)55)65-57-30-26-38(2)32-52(57)43-21-14-13-15-22-43/h12-36,64-65H,6,37,63H2,1-5,7-11H3/b45-29+,46-34+,47-12-,53-35-,56-31+. The summed E-state index contributed by atoms with van der Waals surface area (Å²) in [6.45, 7) is 26.4. The van der Waals surface area contributed by atoms with Crippen LogP contribution in [0.3, 0.4) is 0 Å². The topological polar surface area (TPSA) is 38.3 Å². The first-order valence-corrected chi connectivity index (χ1v) is 23.7. The third-order valence-corrected chi connectivity index (χ3v) is 13.4. The molecule has 0 saturated carbocycles. The lowest BCUT2D eigenvalue weighted by Crippen LogP contribution is -2.29. The third kappa shape index (κ3) is 9.84. The number of ether oxygens (including phenoxy) is 1. The zero-order valence-corrected chi connectivity index (χ0v) is 41.4. The fourth-order valence-electron chi connectivity index (χ4n) is 9.98. The van der Waals surface area contributed by atoms with Crippen molar-refractivity contribution in [1.29, 1.82) is 0 Å². The Morgan fingerprint density at radius 3 is 2.16 bits per heavy atom. The molecule has 1 aliphatic carbocycles. The van der Waals surface area contributed by atoms with Crippen molar-refractivity contribution in [2.45, 2.75) is 86.7 Å². The SMILES string of the molecule is BC1=C/C(=C/C)Bc2c(cc(-c3ccccc3C)c(C)c2C(=C)/C(=C\C=C2/CC(C)(C)c3ccccc32)Nc2ccc(C)cc2-c2ccccc2)/C(c2cc(C(=O)OC(C)(C)C)ccc2C)=C\1. The molecule has 8 rings (SSSR count). The predicted molar refractivity (Wildman–Crippen MR) is 291 cm³/mol. The third-order valence-electron chi connectivity index (χ3n) is 13.4. The molecule has 0 saturated heterocycles. The van der Waals surface area contributed by atoms with Gasteiger partial charge in [-0.25, -0.2) is 4.79 Å². The maximum Gasteiger partial charge on any atom is 0.338 e. The van der Waals surface area contributed by atoms with E-state index in [9.17, 15) is 4.79 Å². The number of carbonyl (C=O) groups excluding carboxylic acids is 1. The number of benzene rings is 6. The maximum absolute atomic E-state index is 13.7. The zero-order chi connectivity index (χ0) is 47.8. The second kappa shape index (κ2) is 18.8. The van der Waals surface area contributed by atoms with Crippen molar-refractivity contribution in [2.24, 2.45) is 0 Å². The Bertz CT molecular complexity index is 3110. The zero-order valence-electron chi connectivity index (χ0n) is 41.4. The van der Waals surface area contributed by atoms with E-state index in [1.165, 1.54) is 44.3 Å². The number of hydrogen-bond donors (Lipinski definition) is 1. The molecule has 0 unspecified atom stereocenters. The van der Waals surface area contributed by atoms with Gasteiger partial charge in [-0.2, -0.15) is 0 Å². The molecule has 6 aromatic carbocycles. The monoisotopic (exact) mass is 876 g/mol. The molecule has 6 aromatic rings. The fourth-order valence-corrected chi connectivity index (χ4v) is 9.98. The van der Waals surface area contributed by atoms with E-state index in [1.54, 1.807) is 0 Å². The summed E-state index contributed by atoms with van der Waals surface area (Å²) in [4.78, 5) is 13.7. The Hall–Kier alpha value is -6.84. The number of hydrogen-bond acceptors (Lipinski definition) is 3. The van der Waals surface area contributed by atoms with Crippen molar-refractivity contribution < 1.29 is 9.53 Å². The number of nitrogens with one attached hydrogen (secondary N) is 1. The summed E-state index contributed by atoms with van der Waals surface area (Å²) in [7, 11) is 2.86. The molecule has 0 radical (unpaired) electrons. The first kappa shape index (κ1) is 46.7. The Morgan fingerprint density at radius 1 is 0.761 bits per heavy atom. The lowest BCUT2D eigenvalue weighted by molar-refractivity contribution is 0.00694. The second-order valence-electron chi connectivity index (χ2n) is 20.2. The van der Waals surface area contributed by atoms with E-state index in [0.717, 1.165) is 78.9 Å². The van der Waals surface area contributed by atoms with Crippen LogP contribution in [0.25, 0.3) is 39.0 Å². The highest BCUT2D eigenvalue weighted by Gasteiger charge is 2.33. The van der Waals surface area contributed by atoms with E-state index < -0.39 is 5.60 Å². The van der Waals surface area contributed by atoms with Gasteiger partial charge in [0.2, 0.25) is 0 Å². The fraction of sp³-hybridized carbons (Fsp3) is 0.210. The average Bonchev–Trinajstić information content (AvgIpc) is 3.55. The van der Waals surface area contributed by atoms with Crippen LogP contribution in [0.1, 0.15) is 108 Å². The molecule has 5 heteroatoms. The van der Waals surface area contributed by atoms with Gasteiger partial charge in [0.15, 0.2) is 7.28 Å². The molecule has 0 fully saturated rings. The van der Waals surface area contributed by atoms with Crippen molar-refractivity contribution in [3.05, 3.63) is 231 Å². The Balaban J connectivity index is 1.42.